The molecule has 47 heavy (non-hydrogen) atoms. The average molecular weight is 646 g/mol. The third-order valence-corrected chi connectivity index (χ3v) is 8.53. The van der Waals surface area contributed by atoms with Gasteiger partial charge in [-0.3, -0.25) is 19.3 Å². The molecule has 11 nitrogen and oxygen atoms in total. The zero-order chi connectivity index (χ0) is 32.9. The van der Waals surface area contributed by atoms with Crippen LogP contribution in [0.4, 0.5) is 18.9 Å². The largest absolute Gasteiger partial charge is 0.497 e. The summed E-state index contributed by atoms with van der Waals surface area (Å²) in [5.74, 6) is -0.175. The Morgan fingerprint density at radius 3 is 2.55 bits per heavy atom. The molecule has 2 aliphatic heterocycles. The van der Waals surface area contributed by atoms with Gasteiger partial charge in [0, 0.05) is 74.5 Å². The fourth-order valence-corrected chi connectivity index (χ4v) is 6.38. The summed E-state index contributed by atoms with van der Waals surface area (Å²) in [6.45, 7) is 2.22. The van der Waals surface area contributed by atoms with Crippen LogP contribution >= 0.6 is 0 Å². The van der Waals surface area contributed by atoms with Gasteiger partial charge in [0.1, 0.15) is 5.75 Å². The van der Waals surface area contributed by atoms with Gasteiger partial charge in [-0.05, 0) is 53.4 Å². The zero-order valence-corrected chi connectivity index (χ0v) is 25.6. The number of methoxy groups -OCH3 is 1. The number of carbonyl (C=O) groups is 2. The summed E-state index contributed by atoms with van der Waals surface area (Å²) in [4.78, 5) is 40.0. The minimum absolute atomic E-state index is 0.0876. The Balaban J connectivity index is 1.36. The van der Waals surface area contributed by atoms with Gasteiger partial charge < -0.3 is 23.8 Å². The lowest BCUT2D eigenvalue weighted by Gasteiger charge is -2.32. The summed E-state index contributed by atoms with van der Waals surface area (Å²) in [7, 11) is 2.94. The number of benzene rings is 2. The number of aryl methyl sites for hydroxylation is 1. The van der Waals surface area contributed by atoms with E-state index in [1.54, 1.807) is 69.6 Å². The first-order valence-electron chi connectivity index (χ1n) is 15.0. The highest BCUT2D eigenvalue weighted by Crippen LogP contribution is 2.41. The van der Waals surface area contributed by atoms with Crippen LogP contribution in [0.1, 0.15) is 37.5 Å². The van der Waals surface area contributed by atoms with Crippen LogP contribution in [0.3, 0.4) is 0 Å². The number of alkyl halides is 3. The van der Waals surface area contributed by atoms with Gasteiger partial charge in [-0.1, -0.05) is 0 Å². The van der Waals surface area contributed by atoms with Crippen LogP contribution in [-0.2, 0) is 30.9 Å². The fraction of sp³-hybridized carbons (Fsp3) is 0.303. The molecule has 5 heterocycles. The molecule has 1 fully saturated rings. The molecule has 5 aromatic rings. The number of rotatable bonds is 6. The second-order valence-electron chi connectivity index (χ2n) is 11.5. The Morgan fingerprint density at radius 2 is 1.83 bits per heavy atom. The van der Waals surface area contributed by atoms with E-state index >= 15 is 0 Å². The van der Waals surface area contributed by atoms with E-state index in [1.807, 2.05) is 0 Å². The summed E-state index contributed by atoms with van der Waals surface area (Å²) in [5, 5.41) is 4.27. The number of amides is 2. The van der Waals surface area contributed by atoms with Gasteiger partial charge in [-0.15, -0.1) is 0 Å². The molecule has 0 N–H and O–H groups in total. The van der Waals surface area contributed by atoms with Gasteiger partial charge in [-0.25, -0.2) is 4.98 Å². The van der Waals surface area contributed by atoms with Crippen molar-refractivity contribution in [3.63, 3.8) is 0 Å². The number of halogens is 3. The monoisotopic (exact) mass is 645 g/mol. The number of aromatic nitrogens is 5. The van der Waals surface area contributed by atoms with Crippen LogP contribution in [0.25, 0.3) is 22.0 Å². The van der Waals surface area contributed by atoms with Crippen molar-refractivity contribution >= 4 is 28.4 Å². The van der Waals surface area contributed by atoms with E-state index in [9.17, 15) is 22.8 Å². The molecule has 14 heteroatoms. The quantitative estimate of drug-likeness (QED) is 0.266. The van der Waals surface area contributed by atoms with Gasteiger partial charge in [0.05, 0.1) is 43.4 Å². The van der Waals surface area contributed by atoms with Crippen LogP contribution in [0, 0.1) is 0 Å². The van der Waals surface area contributed by atoms with Crippen molar-refractivity contribution in [2.24, 2.45) is 7.05 Å². The maximum Gasteiger partial charge on any atom is 0.435 e. The van der Waals surface area contributed by atoms with E-state index < -0.39 is 11.9 Å². The highest BCUT2D eigenvalue weighted by atomic mass is 19.4. The van der Waals surface area contributed by atoms with Crippen molar-refractivity contribution in [1.29, 1.82) is 0 Å². The highest BCUT2D eigenvalue weighted by molar-refractivity contribution is 6.15. The molecule has 0 unspecified atom stereocenters. The maximum absolute atomic E-state index is 14.4. The standard InChI is InChI=1S/C33H30F3N7O4/c1-40-18-27(30(39-40)33(34,35)36)23-13-20(17-41-8-6-37-19-41)14-24-22(23)4-7-43(32(24)45)28-3-5-38-29-25(28)15-21(46-2)16-26(29)31(44)42-9-11-47-12-10-42/h3,5-6,8,13-16,18-19H,4,7,9-12,17H2,1-2H3. The van der Waals surface area contributed by atoms with Crippen molar-refractivity contribution in [3.05, 3.63) is 89.4 Å². The van der Waals surface area contributed by atoms with Crippen molar-refractivity contribution in [2.75, 3.05) is 44.9 Å². The van der Waals surface area contributed by atoms with Gasteiger partial charge >= 0.3 is 6.18 Å². The molecular formula is C33H30F3N7O4. The lowest BCUT2D eigenvalue weighted by atomic mass is 9.87. The van der Waals surface area contributed by atoms with E-state index in [0.717, 1.165) is 4.68 Å². The molecule has 242 valence electrons. The van der Waals surface area contributed by atoms with Crippen molar-refractivity contribution in [1.82, 2.24) is 29.2 Å². The fourth-order valence-electron chi connectivity index (χ4n) is 6.38. The number of nitrogens with zero attached hydrogens (tertiary/aromatic N) is 7. The van der Waals surface area contributed by atoms with E-state index in [1.165, 1.54) is 20.4 Å². The number of ether oxygens (including phenoxy) is 2. The van der Waals surface area contributed by atoms with Crippen LogP contribution in [0.15, 0.2) is 61.4 Å². The molecule has 0 bridgehead atoms. The lowest BCUT2D eigenvalue weighted by molar-refractivity contribution is -0.141. The van der Waals surface area contributed by atoms with Crippen LogP contribution < -0.4 is 9.64 Å². The Labute approximate surface area is 267 Å². The molecule has 2 aromatic carbocycles. The minimum atomic E-state index is -4.69. The summed E-state index contributed by atoms with van der Waals surface area (Å²) >= 11 is 0. The first-order valence-corrected chi connectivity index (χ1v) is 15.0. The maximum atomic E-state index is 14.4. The summed E-state index contributed by atoms with van der Waals surface area (Å²) < 4.78 is 56.3. The smallest absolute Gasteiger partial charge is 0.435 e. The number of pyridine rings is 1. The number of hydrogen-bond donors (Lipinski definition) is 0. The molecule has 0 spiro atoms. The third kappa shape index (κ3) is 5.58. The normalized spacial score (nSPS) is 15.3. The first-order chi connectivity index (χ1) is 22.6. The van der Waals surface area contributed by atoms with E-state index in [-0.39, 0.29) is 36.9 Å². The number of carbonyl (C=O) groups excluding carboxylic acids is 2. The van der Waals surface area contributed by atoms with Gasteiger partial charge in [0.2, 0.25) is 0 Å². The Bertz CT molecular complexity index is 2000. The number of morpholine rings is 1. The van der Waals surface area contributed by atoms with Gasteiger partial charge in [0.15, 0.2) is 5.69 Å². The minimum Gasteiger partial charge on any atom is -0.497 e. The molecule has 7 rings (SSSR count). The zero-order valence-electron chi connectivity index (χ0n) is 25.6. The number of anilines is 1. The van der Waals surface area contributed by atoms with Crippen molar-refractivity contribution < 1.29 is 32.2 Å². The van der Waals surface area contributed by atoms with Crippen molar-refractivity contribution in [2.45, 2.75) is 19.1 Å². The van der Waals surface area contributed by atoms with E-state index in [0.29, 0.717) is 76.5 Å². The molecule has 0 atom stereocenters. The van der Waals surface area contributed by atoms with Crippen molar-refractivity contribution in [3.8, 4) is 16.9 Å². The topological polar surface area (TPSA) is 108 Å². The highest BCUT2D eigenvalue weighted by Gasteiger charge is 2.39. The second-order valence-corrected chi connectivity index (χ2v) is 11.5. The van der Waals surface area contributed by atoms with Crippen LogP contribution in [0.2, 0.25) is 0 Å². The second kappa shape index (κ2) is 11.8. The lowest BCUT2D eigenvalue weighted by Crippen LogP contribution is -2.41. The molecular weight excluding hydrogens is 615 g/mol. The Morgan fingerprint density at radius 1 is 1.04 bits per heavy atom. The molecule has 0 saturated carbocycles. The predicted molar refractivity (Wildman–Crippen MR) is 165 cm³/mol. The molecule has 0 aliphatic carbocycles. The summed E-state index contributed by atoms with van der Waals surface area (Å²) in [6.07, 6.45) is 3.42. The van der Waals surface area contributed by atoms with Gasteiger partial charge in [-0.2, -0.15) is 18.3 Å². The molecule has 3 aromatic heterocycles. The molecule has 2 amide bonds. The molecule has 0 radical (unpaired) electrons. The Hall–Kier alpha value is -5.24. The van der Waals surface area contributed by atoms with Gasteiger partial charge in [0.25, 0.3) is 11.8 Å². The average Bonchev–Trinajstić information content (AvgIpc) is 3.74. The first kappa shape index (κ1) is 30.4. The number of imidazole rings is 1. The van der Waals surface area contributed by atoms with E-state index in [2.05, 4.69) is 15.1 Å². The van der Waals surface area contributed by atoms with E-state index in [4.69, 9.17) is 9.47 Å². The van der Waals surface area contributed by atoms with Crippen LogP contribution in [0.5, 0.6) is 5.75 Å². The Kier molecular flexibility index (Phi) is 7.66. The number of fused-ring (bicyclic) bond motifs is 2. The van der Waals surface area contributed by atoms with Crippen LogP contribution in [-0.4, -0.2) is 81.0 Å². The summed E-state index contributed by atoms with van der Waals surface area (Å²) in [5.41, 5.74) is 1.91. The molecule has 2 aliphatic rings. The molecule has 1 saturated heterocycles. The summed E-state index contributed by atoms with van der Waals surface area (Å²) in [6, 6.07) is 8.51. The third-order valence-electron chi connectivity index (χ3n) is 8.53. The predicted octanol–water partition coefficient (Wildman–Crippen LogP) is 4.58. The number of hydrogen-bond acceptors (Lipinski definition) is 7. The SMILES string of the molecule is COc1cc(C(=O)N2CCOCC2)c2nccc(N3CCc4c(cc(Cn5ccnc5)cc4-c4cn(C)nc4C(F)(F)F)C3=O)c2c1.